The van der Waals surface area contributed by atoms with Crippen LogP contribution in [0.3, 0.4) is 0 Å². The Morgan fingerprint density at radius 2 is 2.10 bits per heavy atom. The van der Waals surface area contributed by atoms with Crippen molar-refractivity contribution < 1.29 is 4.39 Å². The van der Waals surface area contributed by atoms with Gasteiger partial charge in [0.05, 0.1) is 5.69 Å². The molecule has 0 saturated carbocycles. The SMILES string of the molecule is CN1CCc2cc(CNc3cc(Br)ccc3F)ccc21. The van der Waals surface area contributed by atoms with E-state index in [0.29, 0.717) is 12.2 Å². The van der Waals surface area contributed by atoms with Crippen molar-refractivity contribution >= 4 is 27.3 Å². The van der Waals surface area contributed by atoms with Crippen LogP contribution in [0, 0.1) is 5.82 Å². The van der Waals surface area contributed by atoms with E-state index in [1.807, 2.05) is 0 Å². The van der Waals surface area contributed by atoms with Crippen molar-refractivity contribution in [3.8, 4) is 0 Å². The Morgan fingerprint density at radius 3 is 2.95 bits per heavy atom. The number of benzene rings is 2. The highest BCUT2D eigenvalue weighted by molar-refractivity contribution is 9.10. The number of hydrogen-bond acceptors (Lipinski definition) is 2. The van der Waals surface area contributed by atoms with E-state index in [0.717, 1.165) is 17.4 Å². The Bertz CT molecular complexity index is 642. The molecular weight excluding hydrogens is 319 g/mol. The molecule has 0 unspecified atom stereocenters. The molecule has 20 heavy (non-hydrogen) atoms. The van der Waals surface area contributed by atoms with Gasteiger partial charge in [-0.15, -0.1) is 0 Å². The van der Waals surface area contributed by atoms with Crippen molar-refractivity contribution in [1.82, 2.24) is 0 Å². The lowest BCUT2D eigenvalue weighted by atomic mass is 10.1. The van der Waals surface area contributed by atoms with Gasteiger partial charge in [0.1, 0.15) is 5.82 Å². The third-order valence-corrected chi connectivity index (χ3v) is 4.18. The van der Waals surface area contributed by atoms with Crippen molar-refractivity contribution in [1.29, 1.82) is 0 Å². The Kier molecular flexibility index (Phi) is 3.66. The molecule has 1 N–H and O–H groups in total. The topological polar surface area (TPSA) is 15.3 Å². The number of nitrogens with zero attached hydrogens (tertiary/aromatic N) is 1. The number of hydrogen-bond donors (Lipinski definition) is 1. The molecule has 2 aromatic carbocycles. The lowest BCUT2D eigenvalue weighted by molar-refractivity contribution is 0.630. The van der Waals surface area contributed by atoms with Gasteiger partial charge in [-0.25, -0.2) is 4.39 Å². The van der Waals surface area contributed by atoms with E-state index in [4.69, 9.17) is 0 Å². The summed E-state index contributed by atoms with van der Waals surface area (Å²) in [6, 6.07) is 11.4. The second kappa shape index (κ2) is 5.44. The maximum atomic E-state index is 13.7. The predicted octanol–water partition coefficient (Wildman–Crippen LogP) is 4.19. The molecule has 104 valence electrons. The molecule has 1 aliphatic rings. The van der Waals surface area contributed by atoms with Crippen LogP contribution in [-0.4, -0.2) is 13.6 Å². The number of anilines is 2. The average molecular weight is 335 g/mol. The highest BCUT2D eigenvalue weighted by Gasteiger charge is 2.15. The van der Waals surface area contributed by atoms with E-state index in [2.05, 4.69) is 51.4 Å². The Labute approximate surface area is 126 Å². The predicted molar refractivity (Wildman–Crippen MR) is 84.8 cm³/mol. The monoisotopic (exact) mass is 334 g/mol. The van der Waals surface area contributed by atoms with Gasteiger partial charge in [-0.2, -0.15) is 0 Å². The zero-order chi connectivity index (χ0) is 14.1. The zero-order valence-corrected chi connectivity index (χ0v) is 12.9. The summed E-state index contributed by atoms with van der Waals surface area (Å²) < 4.78 is 14.5. The molecule has 4 heteroatoms. The molecule has 0 radical (unpaired) electrons. The van der Waals surface area contributed by atoms with Gasteiger partial charge in [0, 0.05) is 30.3 Å². The smallest absolute Gasteiger partial charge is 0.146 e. The van der Waals surface area contributed by atoms with Crippen LogP contribution in [0.2, 0.25) is 0 Å². The van der Waals surface area contributed by atoms with Gasteiger partial charge < -0.3 is 10.2 Å². The first-order valence-corrected chi connectivity index (χ1v) is 7.44. The maximum Gasteiger partial charge on any atom is 0.146 e. The highest BCUT2D eigenvalue weighted by Crippen LogP contribution is 2.28. The van der Waals surface area contributed by atoms with Crippen molar-refractivity contribution in [3.63, 3.8) is 0 Å². The van der Waals surface area contributed by atoms with Crippen molar-refractivity contribution in [2.45, 2.75) is 13.0 Å². The zero-order valence-electron chi connectivity index (χ0n) is 11.3. The minimum Gasteiger partial charge on any atom is -0.379 e. The summed E-state index contributed by atoms with van der Waals surface area (Å²) in [6.45, 7) is 1.71. The minimum absolute atomic E-state index is 0.228. The second-order valence-electron chi connectivity index (χ2n) is 5.11. The van der Waals surface area contributed by atoms with Crippen LogP contribution in [0.5, 0.6) is 0 Å². The Balaban J connectivity index is 1.74. The van der Waals surface area contributed by atoms with E-state index in [9.17, 15) is 4.39 Å². The fraction of sp³-hybridized carbons (Fsp3) is 0.250. The number of likely N-dealkylation sites (N-methyl/N-ethyl adjacent to an activating group) is 1. The van der Waals surface area contributed by atoms with Crippen molar-refractivity contribution in [3.05, 3.63) is 57.8 Å². The average Bonchev–Trinajstić information content (AvgIpc) is 2.81. The Morgan fingerprint density at radius 1 is 1.25 bits per heavy atom. The van der Waals surface area contributed by atoms with Crippen LogP contribution in [0.1, 0.15) is 11.1 Å². The van der Waals surface area contributed by atoms with Gasteiger partial charge in [0.15, 0.2) is 0 Å². The van der Waals surface area contributed by atoms with Gasteiger partial charge >= 0.3 is 0 Å². The molecule has 0 bridgehead atoms. The number of fused-ring (bicyclic) bond motifs is 1. The number of nitrogens with one attached hydrogen (secondary N) is 1. The summed E-state index contributed by atoms with van der Waals surface area (Å²) in [6.07, 6.45) is 1.09. The molecule has 0 spiro atoms. The van der Waals surface area contributed by atoms with Crippen molar-refractivity contribution in [2.24, 2.45) is 0 Å². The van der Waals surface area contributed by atoms with Gasteiger partial charge in [-0.3, -0.25) is 0 Å². The lowest BCUT2D eigenvalue weighted by Crippen LogP contribution is -2.12. The molecule has 2 aromatic rings. The molecule has 0 amide bonds. The molecule has 3 rings (SSSR count). The Hall–Kier alpha value is -1.55. The van der Waals surface area contributed by atoms with Crippen molar-refractivity contribution in [2.75, 3.05) is 23.8 Å². The van der Waals surface area contributed by atoms with Crippen LogP contribution >= 0.6 is 15.9 Å². The summed E-state index contributed by atoms with van der Waals surface area (Å²) >= 11 is 3.36. The molecule has 0 aliphatic carbocycles. The van der Waals surface area contributed by atoms with Crippen LogP contribution in [-0.2, 0) is 13.0 Å². The first kappa shape index (κ1) is 13.4. The summed E-state index contributed by atoms with van der Waals surface area (Å²) in [4.78, 5) is 2.26. The summed E-state index contributed by atoms with van der Waals surface area (Å²) in [5, 5.41) is 3.15. The van der Waals surface area contributed by atoms with Crippen LogP contribution in [0.15, 0.2) is 40.9 Å². The molecule has 2 nitrogen and oxygen atoms in total. The van der Waals surface area contributed by atoms with Gasteiger partial charge in [0.25, 0.3) is 0 Å². The van der Waals surface area contributed by atoms with Gasteiger partial charge in [0.2, 0.25) is 0 Å². The van der Waals surface area contributed by atoms with Crippen LogP contribution in [0.4, 0.5) is 15.8 Å². The molecule has 0 saturated heterocycles. The van der Waals surface area contributed by atoms with Crippen LogP contribution < -0.4 is 10.2 Å². The normalized spacial score (nSPS) is 13.4. The first-order valence-electron chi connectivity index (χ1n) is 6.65. The van der Waals surface area contributed by atoms with E-state index >= 15 is 0 Å². The van der Waals surface area contributed by atoms with Gasteiger partial charge in [-0.05, 0) is 41.8 Å². The summed E-state index contributed by atoms with van der Waals surface area (Å²) in [5.74, 6) is -0.228. The fourth-order valence-electron chi connectivity index (χ4n) is 2.56. The summed E-state index contributed by atoms with van der Waals surface area (Å²) in [5.41, 5.74) is 4.39. The quantitative estimate of drug-likeness (QED) is 0.905. The molecule has 0 atom stereocenters. The highest BCUT2D eigenvalue weighted by atomic mass is 79.9. The fourth-order valence-corrected chi connectivity index (χ4v) is 2.92. The number of rotatable bonds is 3. The van der Waals surface area contributed by atoms with E-state index < -0.39 is 0 Å². The molecule has 0 aromatic heterocycles. The third-order valence-electron chi connectivity index (χ3n) is 3.68. The molecule has 0 fully saturated rings. The van der Waals surface area contributed by atoms with E-state index in [1.54, 1.807) is 12.1 Å². The third kappa shape index (κ3) is 2.66. The maximum absolute atomic E-state index is 13.7. The van der Waals surface area contributed by atoms with E-state index in [1.165, 1.54) is 22.9 Å². The lowest BCUT2D eigenvalue weighted by Gasteiger charge is -2.13. The number of halogens is 2. The van der Waals surface area contributed by atoms with Crippen LogP contribution in [0.25, 0.3) is 0 Å². The molecule has 1 aliphatic heterocycles. The van der Waals surface area contributed by atoms with Gasteiger partial charge in [-0.1, -0.05) is 28.1 Å². The molecule has 1 heterocycles. The molecular formula is C16H16BrFN2. The first-order chi connectivity index (χ1) is 9.63. The van der Waals surface area contributed by atoms with E-state index in [-0.39, 0.29) is 5.82 Å². The standard InChI is InChI=1S/C16H16BrFN2/c1-20-7-6-12-8-11(2-5-16(12)20)10-19-15-9-13(17)3-4-14(15)18/h2-5,8-9,19H,6-7,10H2,1H3. The minimum atomic E-state index is -0.228. The largest absolute Gasteiger partial charge is 0.379 e. The second-order valence-corrected chi connectivity index (χ2v) is 6.03. The summed E-state index contributed by atoms with van der Waals surface area (Å²) in [7, 11) is 2.11.